The van der Waals surface area contributed by atoms with Gasteiger partial charge in [0.1, 0.15) is 0 Å². The van der Waals surface area contributed by atoms with Gasteiger partial charge in [0.2, 0.25) is 0 Å². The van der Waals surface area contributed by atoms with E-state index in [2.05, 4.69) is 64.4 Å². The number of rotatable bonds is 2. The fraction of sp³-hybridized carbons (Fsp3) is 0.625. The molecule has 1 unspecified atom stereocenters. The predicted octanol–water partition coefficient (Wildman–Crippen LogP) is 6.18. The van der Waals surface area contributed by atoms with Crippen LogP contribution >= 0.6 is 11.3 Å². The highest BCUT2D eigenvalue weighted by Crippen LogP contribution is 2.50. The van der Waals surface area contributed by atoms with Gasteiger partial charge < -0.3 is 5.32 Å². The lowest BCUT2D eigenvalue weighted by atomic mass is 9.58. The Morgan fingerprint density at radius 2 is 1.78 bits per heavy atom. The van der Waals surface area contributed by atoms with Crippen LogP contribution < -0.4 is 5.32 Å². The van der Waals surface area contributed by atoms with E-state index >= 15 is 0 Å². The Morgan fingerprint density at radius 3 is 2.48 bits per heavy atom. The average Bonchev–Trinajstić information content (AvgIpc) is 3.10. The minimum Gasteiger partial charge on any atom is -0.317 e. The van der Waals surface area contributed by atoms with Crippen molar-refractivity contribution < 1.29 is 0 Å². The molecule has 1 saturated heterocycles. The zero-order valence-electron chi connectivity index (χ0n) is 17.8. The van der Waals surface area contributed by atoms with Crippen LogP contribution in [0.4, 0.5) is 0 Å². The Bertz CT molecular complexity index is 840. The molecule has 2 heterocycles. The van der Waals surface area contributed by atoms with Crippen LogP contribution in [-0.2, 0) is 10.8 Å². The number of hydrogen-bond donors (Lipinski definition) is 1. The van der Waals surface area contributed by atoms with Crippen molar-refractivity contribution in [2.45, 2.75) is 77.6 Å². The molecule has 1 aliphatic carbocycles. The summed E-state index contributed by atoms with van der Waals surface area (Å²) in [5, 5.41) is 7.08. The van der Waals surface area contributed by atoms with E-state index in [0.717, 1.165) is 13.1 Å². The van der Waals surface area contributed by atoms with Crippen molar-refractivity contribution in [3.8, 4) is 11.3 Å². The molecule has 1 atom stereocenters. The Labute approximate surface area is 168 Å². The maximum Gasteiger partial charge on any atom is 0.0964 e. The number of nitrogens with one attached hydrogen (secondary N) is 1. The van der Waals surface area contributed by atoms with Crippen LogP contribution in [0.25, 0.3) is 11.3 Å². The number of hydrogen-bond acceptors (Lipinski definition) is 3. The smallest absolute Gasteiger partial charge is 0.0964 e. The Balaban J connectivity index is 1.76. The number of fused-ring (bicyclic) bond motifs is 1. The molecule has 27 heavy (non-hydrogen) atoms. The Kier molecular flexibility index (Phi) is 4.75. The van der Waals surface area contributed by atoms with Gasteiger partial charge in [-0.25, -0.2) is 4.98 Å². The molecule has 1 aromatic heterocycles. The summed E-state index contributed by atoms with van der Waals surface area (Å²) in [6, 6.07) is 4.94. The van der Waals surface area contributed by atoms with Crippen LogP contribution in [0.3, 0.4) is 0 Å². The number of benzene rings is 1. The highest BCUT2D eigenvalue weighted by atomic mass is 32.1. The van der Waals surface area contributed by atoms with Crippen LogP contribution in [0.15, 0.2) is 17.5 Å². The van der Waals surface area contributed by atoms with Gasteiger partial charge in [-0.1, -0.05) is 40.7 Å². The lowest BCUT2D eigenvalue weighted by Gasteiger charge is -2.47. The van der Waals surface area contributed by atoms with Crippen molar-refractivity contribution in [2.24, 2.45) is 5.92 Å². The van der Waals surface area contributed by atoms with Gasteiger partial charge in [-0.3, -0.25) is 0 Å². The van der Waals surface area contributed by atoms with Crippen molar-refractivity contribution in [1.82, 2.24) is 10.3 Å². The molecule has 2 aliphatic rings. The van der Waals surface area contributed by atoms with E-state index in [4.69, 9.17) is 4.98 Å². The van der Waals surface area contributed by atoms with E-state index in [-0.39, 0.29) is 10.8 Å². The van der Waals surface area contributed by atoms with Gasteiger partial charge in [0.25, 0.3) is 0 Å². The van der Waals surface area contributed by atoms with Gasteiger partial charge in [0.15, 0.2) is 0 Å². The van der Waals surface area contributed by atoms with Gasteiger partial charge in [0.05, 0.1) is 10.7 Å². The Morgan fingerprint density at radius 1 is 1.07 bits per heavy atom. The fourth-order valence-electron chi connectivity index (χ4n) is 5.14. The fourth-order valence-corrected chi connectivity index (χ4v) is 6.13. The molecule has 0 spiro atoms. The third-order valence-electron chi connectivity index (χ3n) is 7.32. The zero-order chi connectivity index (χ0) is 19.4. The standard InChI is InChI=1S/C24H34N2S/c1-15-11-20-19(23(3,4)13-16(2)24(20,5)6)12-18(15)21-14-27-22(26-21)17-7-9-25-10-8-17/h11-12,14,16-17,25H,7-10,13H2,1-6H3. The maximum atomic E-state index is 5.10. The second-order valence-electron chi connectivity index (χ2n) is 10.0. The minimum absolute atomic E-state index is 0.223. The van der Waals surface area contributed by atoms with Crippen LogP contribution in [0.2, 0.25) is 0 Å². The average molecular weight is 383 g/mol. The molecule has 0 saturated carbocycles. The first-order valence-electron chi connectivity index (χ1n) is 10.5. The van der Waals surface area contributed by atoms with Crippen molar-refractivity contribution >= 4 is 11.3 Å². The molecule has 1 aromatic carbocycles. The van der Waals surface area contributed by atoms with Crippen molar-refractivity contribution in [2.75, 3.05) is 13.1 Å². The molecule has 0 amide bonds. The third-order valence-corrected chi connectivity index (χ3v) is 8.33. The van der Waals surface area contributed by atoms with Crippen LogP contribution in [0, 0.1) is 12.8 Å². The molecule has 146 valence electrons. The first-order chi connectivity index (χ1) is 12.7. The van der Waals surface area contributed by atoms with E-state index in [1.165, 1.54) is 46.7 Å². The molecular weight excluding hydrogens is 348 g/mol. The lowest BCUT2D eigenvalue weighted by molar-refractivity contribution is 0.233. The summed E-state index contributed by atoms with van der Waals surface area (Å²) >= 11 is 1.86. The minimum atomic E-state index is 0.223. The summed E-state index contributed by atoms with van der Waals surface area (Å²) < 4.78 is 0. The quantitative estimate of drug-likeness (QED) is 0.671. The molecule has 3 heteroatoms. The van der Waals surface area contributed by atoms with Crippen LogP contribution in [0.1, 0.15) is 81.5 Å². The van der Waals surface area contributed by atoms with E-state index < -0.39 is 0 Å². The summed E-state index contributed by atoms with van der Waals surface area (Å²) in [6.07, 6.45) is 3.68. The van der Waals surface area contributed by atoms with Gasteiger partial charge in [-0.2, -0.15) is 0 Å². The van der Waals surface area contributed by atoms with E-state index in [9.17, 15) is 0 Å². The molecule has 0 bridgehead atoms. The van der Waals surface area contributed by atoms with Crippen molar-refractivity contribution in [3.05, 3.63) is 39.2 Å². The third kappa shape index (κ3) is 3.27. The lowest BCUT2D eigenvalue weighted by Crippen LogP contribution is -2.40. The van der Waals surface area contributed by atoms with Gasteiger partial charge in [-0.15, -0.1) is 11.3 Å². The van der Waals surface area contributed by atoms with E-state index in [1.807, 2.05) is 11.3 Å². The van der Waals surface area contributed by atoms with E-state index in [1.54, 1.807) is 5.56 Å². The topological polar surface area (TPSA) is 24.9 Å². The molecule has 1 fully saturated rings. The van der Waals surface area contributed by atoms with Gasteiger partial charge in [-0.05, 0) is 78.8 Å². The SMILES string of the molecule is Cc1cc2c(cc1-c1csc(C3CCNCC3)n1)C(C)(C)CC(C)C2(C)C. The monoisotopic (exact) mass is 382 g/mol. The summed E-state index contributed by atoms with van der Waals surface area (Å²) in [4.78, 5) is 5.10. The first kappa shape index (κ1) is 19.1. The molecule has 2 nitrogen and oxygen atoms in total. The highest BCUT2D eigenvalue weighted by molar-refractivity contribution is 7.10. The summed E-state index contributed by atoms with van der Waals surface area (Å²) in [5.74, 6) is 1.33. The van der Waals surface area contributed by atoms with Gasteiger partial charge >= 0.3 is 0 Å². The molecule has 4 rings (SSSR count). The molecule has 1 N–H and O–H groups in total. The van der Waals surface area contributed by atoms with Gasteiger partial charge in [0, 0.05) is 16.9 Å². The maximum absolute atomic E-state index is 5.10. The molecular formula is C24H34N2S. The van der Waals surface area contributed by atoms with Crippen LogP contribution in [-0.4, -0.2) is 18.1 Å². The number of thiazole rings is 1. The number of aryl methyl sites for hydroxylation is 1. The highest BCUT2D eigenvalue weighted by Gasteiger charge is 2.42. The van der Waals surface area contributed by atoms with E-state index in [0.29, 0.717) is 11.8 Å². The zero-order valence-corrected chi connectivity index (χ0v) is 18.6. The first-order valence-corrected chi connectivity index (χ1v) is 11.4. The normalized spacial score (nSPS) is 24.6. The molecule has 2 aromatic rings. The second-order valence-corrected chi connectivity index (χ2v) is 10.9. The Hall–Kier alpha value is -1.19. The largest absolute Gasteiger partial charge is 0.317 e. The van der Waals surface area contributed by atoms with Crippen LogP contribution in [0.5, 0.6) is 0 Å². The second kappa shape index (κ2) is 6.70. The predicted molar refractivity (Wildman–Crippen MR) is 117 cm³/mol. The molecule has 1 aliphatic heterocycles. The molecule has 0 radical (unpaired) electrons. The van der Waals surface area contributed by atoms with Crippen molar-refractivity contribution in [3.63, 3.8) is 0 Å². The number of aromatic nitrogens is 1. The number of nitrogens with zero attached hydrogens (tertiary/aromatic N) is 1. The summed E-state index contributed by atoms with van der Waals surface area (Å²) in [5.41, 5.74) is 7.42. The summed E-state index contributed by atoms with van der Waals surface area (Å²) in [6.45, 7) is 16.6. The summed E-state index contributed by atoms with van der Waals surface area (Å²) in [7, 11) is 0. The van der Waals surface area contributed by atoms with Crippen molar-refractivity contribution in [1.29, 1.82) is 0 Å². The number of piperidine rings is 1.